The molecule has 0 saturated carbocycles. The summed E-state index contributed by atoms with van der Waals surface area (Å²) in [7, 11) is 0. The molecule has 0 aliphatic heterocycles. The normalized spacial score (nSPS) is 10.8. The number of benzene rings is 1. The van der Waals surface area contributed by atoms with Crippen molar-refractivity contribution in [3.8, 4) is 0 Å². The van der Waals surface area contributed by atoms with Gasteiger partial charge in [-0.2, -0.15) is 0 Å². The van der Waals surface area contributed by atoms with E-state index in [0.717, 1.165) is 15.8 Å². The number of aromatic nitrogens is 3. The van der Waals surface area contributed by atoms with E-state index in [1.54, 1.807) is 13.1 Å². The Bertz CT molecular complexity index is 844. The number of nitrogens with two attached hydrogens (primary N) is 1. The van der Waals surface area contributed by atoms with Crippen LogP contribution in [0, 0.1) is 6.92 Å². The smallest absolute Gasteiger partial charge is 0.251 e. The molecule has 2 heterocycles. The van der Waals surface area contributed by atoms with Crippen molar-refractivity contribution in [3.05, 3.63) is 52.6 Å². The molecule has 5 nitrogen and oxygen atoms in total. The highest BCUT2D eigenvalue weighted by atomic mass is 32.2. The van der Waals surface area contributed by atoms with E-state index >= 15 is 0 Å². The number of nitrogens with zero attached hydrogens (tertiary/aromatic N) is 2. The van der Waals surface area contributed by atoms with Gasteiger partial charge in [0.15, 0.2) is 5.16 Å². The van der Waals surface area contributed by atoms with Crippen LogP contribution in [0.1, 0.15) is 5.69 Å². The molecule has 1 aromatic carbocycles. The first-order chi connectivity index (χ1) is 9.63. The third-order valence-corrected chi connectivity index (χ3v) is 3.76. The van der Waals surface area contributed by atoms with E-state index in [-0.39, 0.29) is 5.56 Å². The van der Waals surface area contributed by atoms with Crippen molar-refractivity contribution in [2.24, 2.45) is 0 Å². The van der Waals surface area contributed by atoms with Crippen LogP contribution in [0.25, 0.3) is 10.9 Å². The Morgan fingerprint density at radius 3 is 2.95 bits per heavy atom. The highest BCUT2D eigenvalue weighted by Crippen LogP contribution is 2.32. The van der Waals surface area contributed by atoms with Crippen molar-refractivity contribution in [1.82, 2.24) is 15.0 Å². The Hall–Kier alpha value is -2.34. The Morgan fingerprint density at radius 1 is 1.30 bits per heavy atom. The topological polar surface area (TPSA) is 84.7 Å². The van der Waals surface area contributed by atoms with E-state index in [1.165, 1.54) is 17.8 Å². The van der Waals surface area contributed by atoms with Crippen molar-refractivity contribution in [3.63, 3.8) is 0 Å². The maximum atomic E-state index is 11.5. The Kier molecular flexibility index (Phi) is 3.15. The number of nitrogen functional groups attached to an aromatic ring is 1. The van der Waals surface area contributed by atoms with Gasteiger partial charge >= 0.3 is 0 Å². The van der Waals surface area contributed by atoms with Crippen LogP contribution in [0.4, 0.5) is 5.69 Å². The summed E-state index contributed by atoms with van der Waals surface area (Å²) < 4.78 is 0. The van der Waals surface area contributed by atoms with Gasteiger partial charge in [-0.3, -0.25) is 9.78 Å². The Morgan fingerprint density at radius 2 is 2.15 bits per heavy atom. The monoisotopic (exact) mass is 284 g/mol. The lowest BCUT2D eigenvalue weighted by Crippen LogP contribution is -2.07. The maximum Gasteiger partial charge on any atom is 0.251 e. The Labute approximate surface area is 119 Å². The number of anilines is 1. The predicted octanol–water partition coefficient (Wildman–Crippen LogP) is 2.36. The fourth-order valence-electron chi connectivity index (χ4n) is 1.96. The molecule has 0 amide bonds. The molecule has 0 saturated heterocycles. The molecule has 3 rings (SSSR count). The van der Waals surface area contributed by atoms with Gasteiger partial charge in [0, 0.05) is 33.9 Å². The van der Waals surface area contributed by atoms with Crippen molar-refractivity contribution in [2.45, 2.75) is 17.0 Å². The number of aromatic amines is 1. The standard InChI is InChI=1S/C14H12N4OS/c1-8-7-12(19)18-14(17-8)20-11-5-4-10(15)9-3-2-6-16-13(9)11/h2-7H,15H2,1H3,(H,17,18,19). The van der Waals surface area contributed by atoms with E-state index in [0.29, 0.717) is 16.5 Å². The summed E-state index contributed by atoms with van der Waals surface area (Å²) in [5, 5.41) is 1.44. The van der Waals surface area contributed by atoms with Crippen LogP contribution in [-0.2, 0) is 0 Å². The molecule has 3 aromatic rings. The summed E-state index contributed by atoms with van der Waals surface area (Å²) in [6.07, 6.45) is 1.72. The fourth-order valence-corrected chi connectivity index (χ4v) is 2.90. The average Bonchev–Trinajstić information content (AvgIpc) is 2.41. The summed E-state index contributed by atoms with van der Waals surface area (Å²) in [6.45, 7) is 1.79. The lowest BCUT2D eigenvalue weighted by Gasteiger charge is -2.07. The van der Waals surface area contributed by atoms with Gasteiger partial charge in [0.05, 0.1) is 5.52 Å². The summed E-state index contributed by atoms with van der Waals surface area (Å²) in [5.41, 5.74) is 7.96. The molecule has 2 aromatic heterocycles. The predicted molar refractivity (Wildman–Crippen MR) is 79.9 cm³/mol. The number of hydrogen-bond acceptors (Lipinski definition) is 5. The third kappa shape index (κ3) is 2.37. The number of fused-ring (bicyclic) bond motifs is 1. The van der Waals surface area contributed by atoms with Crippen molar-refractivity contribution in [1.29, 1.82) is 0 Å². The van der Waals surface area contributed by atoms with Crippen molar-refractivity contribution >= 4 is 28.4 Å². The molecule has 0 aliphatic carbocycles. The summed E-state index contributed by atoms with van der Waals surface area (Å²) in [5.74, 6) is 0. The van der Waals surface area contributed by atoms with Crippen LogP contribution in [0.15, 0.2) is 51.4 Å². The largest absolute Gasteiger partial charge is 0.398 e. The molecule has 20 heavy (non-hydrogen) atoms. The van der Waals surface area contributed by atoms with Gasteiger partial charge < -0.3 is 10.7 Å². The minimum absolute atomic E-state index is 0.160. The molecule has 0 atom stereocenters. The highest BCUT2D eigenvalue weighted by Gasteiger charge is 2.08. The lowest BCUT2D eigenvalue weighted by atomic mass is 10.2. The van der Waals surface area contributed by atoms with E-state index in [9.17, 15) is 4.79 Å². The van der Waals surface area contributed by atoms with Crippen molar-refractivity contribution in [2.75, 3.05) is 5.73 Å². The quantitative estimate of drug-likeness (QED) is 0.557. The average molecular weight is 284 g/mol. The first kappa shape index (κ1) is 12.7. The molecular weight excluding hydrogens is 272 g/mol. The number of H-pyrrole nitrogens is 1. The summed E-state index contributed by atoms with van der Waals surface area (Å²) in [6, 6.07) is 8.95. The molecule has 0 radical (unpaired) electrons. The summed E-state index contributed by atoms with van der Waals surface area (Å²) in [4.78, 5) is 23.8. The van der Waals surface area contributed by atoms with Crippen LogP contribution in [0.2, 0.25) is 0 Å². The van der Waals surface area contributed by atoms with Gasteiger partial charge in [-0.25, -0.2) is 4.98 Å². The number of pyridine rings is 1. The zero-order chi connectivity index (χ0) is 14.1. The van der Waals surface area contributed by atoms with E-state index < -0.39 is 0 Å². The SMILES string of the molecule is Cc1cc(=O)[nH]c(Sc2ccc(N)c3cccnc23)n1. The number of rotatable bonds is 2. The lowest BCUT2D eigenvalue weighted by molar-refractivity contribution is 0.906. The molecule has 0 spiro atoms. The second-order valence-corrected chi connectivity index (χ2v) is 5.38. The molecule has 0 aliphatic rings. The zero-order valence-corrected chi connectivity index (χ0v) is 11.6. The number of hydrogen-bond donors (Lipinski definition) is 2. The van der Waals surface area contributed by atoms with Gasteiger partial charge in [-0.15, -0.1) is 0 Å². The van der Waals surface area contributed by atoms with Gasteiger partial charge in [-0.05, 0) is 43.0 Å². The maximum absolute atomic E-state index is 11.5. The van der Waals surface area contributed by atoms with Gasteiger partial charge in [0.25, 0.3) is 5.56 Å². The molecular formula is C14H12N4OS. The van der Waals surface area contributed by atoms with Crippen LogP contribution in [0.3, 0.4) is 0 Å². The first-order valence-electron chi connectivity index (χ1n) is 6.02. The van der Waals surface area contributed by atoms with Crippen LogP contribution in [-0.4, -0.2) is 15.0 Å². The first-order valence-corrected chi connectivity index (χ1v) is 6.84. The second-order valence-electron chi connectivity index (χ2n) is 4.35. The molecule has 100 valence electrons. The Balaban J connectivity index is 2.11. The van der Waals surface area contributed by atoms with E-state index in [2.05, 4.69) is 15.0 Å². The molecule has 3 N–H and O–H groups in total. The molecule has 6 heteroatoms. The third-order valence-electron chi connectivity index (χ3n) is 2.82. The van der Waals surface area contributed by atoms with Crippen molar-refractivity contribution < 1.29 is 0 Å². The highest BCUT2D eigenvalue weighted by molar-refractivity contribution is 7.99. The molecule has 0 fully saturated rings. The molecule has 0 bridgehead atoms. The van der Waals surface area contributed by atoms with E-state index in [4.69, 9.17) is 5.73 Å². The minimum Gasteiger partial charge on any atom is -0.398 e. The van der Waals surface area contributed by atoms with Crippen LogP contribution < -0.4 is 11.3 Å². The van der Waals surface area contributed by atoms with Crippen LogP contribution >= 0.6 is 11.8 Å². The number of aryl methyl sites for hydroxylation is 1. The van der Waals surface area contributed by atoms with Crippen LogP contribution in [0.5, 0.6) is 0 Å². The number of nitrogens with one attached hydrogen (secondary N) is 1. The summed E-state index contributed by atoms with van der Waals surface area (Å²) >= 11 is 1.37. The minimum atomic E-state index is -0.160. The second kappa shape index (κ2) is 4.97. The van der Waals surface area contributed by atoms with Gasteiger partial charge in [0.2, 0.25) is 0 Å². The fraction of sp³-hybridized carbons (Fsp3) is 0.0714. The van der Waals surface area contributed by atoms with E-state index in [1.807, 2.05) is 24.3 Å². The zero-order valence-electron chi connectivity index (χ0n) is 10.8. The molecule has 0 unspecified atom stereocenters. The van der Waals surface area contributed by atoms with Gasteiger partial charge in [-0.1, -0.05) is 0 Å². The van der Waals surface area contributed by atoms with Gasteiger partial charge in [0.1, 0.15) is 0 Å².